The van der Waals surface area contributed by atoms with Crippen LogP contribution in [0.15, 0.2) is 76.9 Å². The van der Waals surface area contributed by atoms with Gasteiger partial charge in [-0.3, -0.25) is 9.98 Å². The summed E-state index contributed by atoms with van der Waals surface area (Å²) in [4.78, 5) is 8.23. The maximum absolute atomic E-state index is 13.1. The van der Waals surface area contributed by atoms with E-state index in [4.69, 9.17) is 11.5 Å². The Morgan fingerprint density at radius 3 is 2.59 bits per heavy atom. The van der Waals surface area contributed by atoms with Gasteiger partial charge in [0.05, 0.1) is 4.90 Å². The molecular formula is C19H21N5O2S. The maximum Gasteiger partial charge on any atom is 0.241 e. The molecule has 1 aromatic heterocycles. The number of sulfonamides is 1. The SMILES string of the molecule is NC(N)=NCCC(NS(=O)(=O)c1cccc2cnccc12)c1ccccc1. The molecule has 0 saturated carbocycles. The van der Waals surface area contributed by atoms with Crippen molar-refractivity contribution < 1.29 is 8.42 Å². The van der Waals surface area contributed by atoms with Crippen molar-refractivity contribution in [2.45, 2.75) is 17.4 Å². The Morgan fingerprint density at radius 1 is 1.07 bits per heavy atom. The zero-order valence-electron chi connectivity index (χ0n) is 14.6. The van der Waals surface area contributed by atoms with E-state index in [2.05, 4.69) is 14.7 Å². The lowest BCUT2D eigenvalue weighted by Gasteiger charge is -2.19. The first-order chi connectivity index (χ1) is 13.0. The average molecular weight is 383 g/mol. The summed E-state index contributed by atoms with van der Waals surface area (Å²) in [5.41, 5.74) is 11.6. The minimum atomic E-state index is -3.77. The number of hydrogen-bond donors (Lipinski definition) is 3. The third kappa shape index (κ3) is 4.60. The number of nitrogens with zero attached hydrogens (tertiary/aromatic N) is 2. The summed E-state index contributed by atoms with van der Waals surface area (Å²) in [6.45, 7) is 0.309. The largest absolute Gasteiger partial charge is 0.370 e. The maximum atomic E-state index is 13.1. The van der Waals surface area contributed by atoms with Gasteiger partial charge in [0.25, 0.3) is 0 Å². The number of hydrogen-bond acceptors (Lipinski definition) is 4. The lowest BCUT2D eigenvalue weighted by atomic mass is 10.1. The van der Waals surface area contributed by atoms with Gasteiger partial charge in [0.15, 0.2) is 5.96 Å². The van der Waals surface area contributed by atoms with Gasteiger partial charge >= 0.3 is 0 Å². The third-order valence-corrected chi connectivity index (χ3v) is 5.67. The lowest BCUT2D eigenvalue weighted by molar-refractivity contribution is 0.544. The van der Waals surface area contributed by atoms with Gasteiger partial charge in [0, 0.05) is 35.8 Å². The third-order valence-electron chi connectivity index (χ3n) is 4.14. The number of guanidine groups is 1. The quantitative estimate of drug-likeness (QED) is 0.425. The van der Waals surface area contributed by atoms with E-state index < -0.39 is 16.1 Å². The summed E-state index contributed by atoms with van der Waals surface area (Å²) >= 11 is 0. The van der Waals surface area contributed by atoms with Crippen LogP contribution in [0, 0.1) is 0 Å². The first-order valence-corrected chi connectivity index (χ1v) is 9.91. The molecule has 3 rings (SSSR count). The molecule has 0 aliphatic carbocycles. The van der Waals surface area contributed by atoms with Gasteiger partial charge in [0.1, 0.15) is 0 Å². The molecule has 0 aliphatic heterocycles. The molecule has 7 nitrogen and oxygen atoms in total. The van der Waals surface area contributed by atoms with E-state index in [9.17, 15) is 8.42 Å². The second kappa shape index (κ2) is 8.15. The summed E-state index contributed by atoms with van der Waals surface area (Å²) in [7, 11) is -3.77. The summed E-state index contributed by atoms with van der Waals surface area (Å²) < 4.78 is 29.0. The van der Waals surface area contributed by atoms with E-state index in [-0.39, 0.29) is 10.9 Å². The molecule has 0 radical (unpaired) electrons. The molecule has 0 fully saturated rings. The first-order valence-electron chi connectivity index (χ1n) is 8.43. The predicted octanol–water partition coefficient (Wildman–Crippen LogP) is 1.92. The number of nitrogens with one attached hydrogen (secondary N) is 1. The van der Waals surface area contributed by atoms with Crippen molar-refractivity contribution in [1.29, 1.82) is 0 Å². The van der Waals surface area contributed by atoms with Crippen LogP contribution in [0.1, 0.15) is 18.0 Å². The summed E-state index contributed by atoms with van der Waals surface area (Å²) in [6, 6.07) is 15.7. The molecule has 140 valence electrons. The van der Waals surface area contributed by atoms with Crippen LogP contribution in [0.25, 0.3) is 10.8 Å². The minimum Gasteiger partial charge on any atom is -0.370 e. The molecule has 1 atom stereocenters. The number of aliphatic imine (C=N–C) groups is 1. The minimum absolute atomic E-state index is 0.0220. The zero-order valence-corrected chi connectivity index (χ0v) is 15.4. The highest BCUT2D eigenvalue weighted by Crippen LogP contribution is 2.25. The van der Waals surface area contributed by atoms with Crippen molar-refractivity contribution in [3.8, 4) is 0 Å². The van der Waals surface area contributed by atoms with Crippen LogP contribution in [0.4, 0.5) is 0 Å². The first kappa shape index (κ1) is 18.8. The molecule has 0 aliphatic rings. The predicted molar refractivity (Wildman–Crippen MR) is 107 cm³/mol. The molecule has 1 unspecified atom stereocenters. The zero-order chi connectivity index (χ0) is 19.3. The molecule has 1 heterocycles. The fraction of sp³-hybridized carbons (Fsp3) is 0.158. The van der Waals surface area contributed by atoms with Crippen molar-refractivity contribution in [3.63, 3.8) is 0 Å². The van der Waals surface area contributed by atoms with E-state index in [1.807, 2.05) is 36.4 Å². The highest BCUT2D eigenvalue weighted by molar-refractivity contribution is 7.89. The van der Waals surface area contributed by atoms with Crippen molar-refractivity contribution >= 4 is 26.8 Å². The van der Waals surface area contributed by atoms with Gasteiger partial charge in [-0.1, -0.05) is 42.5 Å². The van der Waals surface area contributed by atoms with Crippen LogP contribution in [-0.4, -0.2) is 25.9 Å². The second-order valence-electron chi connectivity index (χ2n) is 6.03. The van der Waals surface area contributed by atoms with Crippen LogP contribution in [-0.2, 0) is 10.0 Å². The standard InChI is InChI=1S/C19H21N5O2S/c20-19(21)23-12-10-17(14-5-2-1-3-6-14)24-27(25,26)18-8-4-7-15-13-22-11-9-16(15)18/h1-9,11,13,17,24H,10,12H2,(H4,20,21,23). The van der Waals surface area contributed by atoms with Crippen molar-refractivity contribution in [1.82, 2.24) is 9.71 Å². The Morgan fingerprint density at radius 2 is 1.85 bits per heavy atom. The van der Waals surface area contributed by atoms with E-state index >= 15 is 0 Å². The fourth-order valence-electron chi connectivity index (χ4n) is 2.88. The van der Waals surface area contributed by atoms with Gasteiger partial charge < -0.3 is 11.5 Å². The van der Waals surface area contributed by atoms with Gasteiger partial charge in [-0.05, 0) is 24.1 Å². The highest BCUT2D eigenvalue weighted by Gasteiger charge is 2.23. The number of rotatable bonds is 7. The molecule has 3 aromatic rings. The molecule has 27 heavy (non-hydrogen) atoms. The van der Waals surface area contributed by atoms with E-state index in [0.717, 1.165) is 10.9 Å². The van der Waals surface area contributed by atoms with Crippen LogP contribution in [0.5, 0.6) is 0 Å². The van der Waals surface area contributed by atoms with Gasteiger partial charge in [-0.15, -0.1) is 0 Å². The van der Waals surface area contributed by atoms with Gasteiger partial charge in [0.2, 0.25) is 10.0 Å². The van der Waals surface area contributed by atoms with Crippen molar-refractivity contribution in [2.24, 2.45) is 16.5 Å². The van der Waals surface area contributed by atoms with Crippen LogP contribution in [0.3, 0.4) is 0 Å². The fourth-order valence-corrected chi connectivity index (χ4v) is 4.37. The number of fused-ring (bicyclic) bond motifs is 1. The van der Waals surface area contributed by atoms with Gasteiger partial charge in [-0.25, -0.2) is 13.1 Å². The molecular weight excluding hydrogens is 362 g/mol. The molecule has 0 saturated heterocycles. The average Bonchev–Trinajstić information content (AvgIpc) is 2.67. The molecule has 0 amide bonds. The highest BCUT2D eigenvalue weighted by atomic mass is 32.2. The number of benzene rings is 2. The van der Waals surface area contributed by atoms with E-state index in [0.29, 0.717) is 18.4 Å². The van der Waals surface area contributed by atoms with Crippen molar-refractivity contribution in [2.75, 3.05) is 6.54 Å². The normalized spacial score (nSPS) is 12.6. The van der Waals surface area contributed by atoms with E-state index in [1.165, 1.54) is 0 Å². The Labute approximate surface area is 158 Å². The summed E-state index contributed by atoms with van der Waals surface area (Å²) in [5.74, 6) is -0.0220. The topological polar surface area (TPSA) is 123 Å². The molecule has 2 aromatic carbocycles. The molecule has 8 heteroatoms. The molecule has 0 bridgehead atoms. The summed E-state index contributed by atoms with van der Waals surface area (Å²) in [6.07, 6.45) is 3.64. The number of pyridine rings is 1. The van der Waals surface area contributed by atoms with Crippen LogP contribution < -0.4 is 16.2 Å². The summed E-state index contributed by atoms with van der Waals surface area (Å²) in [5, 5.41) is 1.38. The molecule has 5 N–H and O–H groups in total. The smallest absolute Gasteiger partial charge is 0.241 e. The van der Waals surface area contributed by atoms with Crippen LogP contribution in [0.2, 0.25) is 0 Å². The lowest BCUT2D eigenvalue weighted by Crippen LogP contribution is -2.30. The van der Waals surface area contributed by atoms with Crippen LogP contribution >= 0.6 is 0 Å². The monoisotopic (exact) mass is 383 g/mol. The number of nitrogens with two attached hydrogens (primary N) is 2. The van der Waals surface area contributed by atoms with Crippen molar-refractivity contribution in [3.05, 3.63) is 72.6 Å². The van der Waals surface area contributed by atoms with Gasteiger partial charge in [-0.2, -0.15) is 0 Å². The molecule has 0 spiro atoms. The van der Waals surface area contributed by atoms with E-state index in [1.54, 1.807) is 30.6 Å². The Balaban J connectivity index is 1.95. The Bertz CT molecular complexity index is 1040. The Hall–Kier alpha value is -2.97. The number of aromatic nitrogens is 1. The second-order valence-corrected chi connectivity index (χ2v) is 7.72. The Kier molecular flexibility index (Phi) is 5.68.